The van der Waals surface area contributed by atoms with Gasteiger partial charge in [-0.3, -0.25) is 4.79 Å². The number of Topliss-reactive ketones (excluding diaryl/α,β-unsaturated/α-hetero) is 1. The molecule has 23 heavy (non-hydrogen) atoms. The molecule has 2 aromatic carbocycles. The molecule has 3 heteroatoms. The Hall–Kier alpha value is -1.80. The third-order valence-electron chi connectivity index (χ3n) is 5.39. The van der Waals surface area contributed by atoms with Crippen molar-refractivity contribution in [1.82, 2.24) is 0 Å². The van der Waals surface area contributed by atoms with Gasteiger partial charge in [0, 0.05) is 16.9 Å². The number of ether oxygens (including phenoxy) is 1. The van der Waals surface area contributed by atoms with Crippen LogP contribution in [0.3, 0.4) is 0 Å². The van der Waals surface area contributed by atoms with Crippen LogP contribution < -0.4 is 4.74 Å². The van der Waals surface area contributed by atoms with Gasteiger partial charge < -0.3 is 4.74 Å². The quantitative estimate of drug-likeness (QED) is 0.767. The van der Waals surface area contributed by atoms with Crippen LogP contribution in [0.15, 0.2) is 36.4 Å². The summed E-state index contributed by atoms with van der Waals surface area (Å²) in [6, 6.07) is 12.2. The molecule has 0 amide bonds. The van der Waals surface area contributed by atoms with E-state index in [1.165, 1.54) is 11.1 Å². The van der Waals surface area contributed by atoms with Gasteiger partial charge in [-0.05, 0) is 66.1 Å². The Balaban J connectivity index is 1.70. The van der Waals surface area contributed by atoms with E-state index in [1.54, 1.807) is 7.11 Å². The third kappa shape index (κ3) is 2.28. The van der Waals surface area contributed by atoms with Crippen LogP contribution in [-0.4, -0.2) is 12.9 Å². The van der Waals surface area contributed by atoms with E-state index in [1.807, 2.05) is 18.2 Å². The Labute approximate surface area is 141 Å². The van der Waals surface area contributed by atoms with Gasteiger partial charge in [-0.25, -0.2) is 0 Å². The first-order valence-corrected chi connectivity index (χ1v) is 8.57. The molecule has 0 saturated heterocycles. The zero-order valence-corrected chi connectivity index (χ0v) is 14.0. The van der Waals surface area contributed by atoms with Crippen LogP contribution in [-0.2, 0) is 25.1 Å². The molecular weight excluding hydrogens is 308 g/mol. The highest BCUT2D eigenvalue weighted by atomic mass is 35.5. The Morgan fingerprint density at radius 1 is 1.09 bits per heavy atom. The monoisotopic (exact) mass is 326 g/mol. The average molecular weight is 327 g/mol. The van der Waals surface area contributed by atoms with Crippen molar-refractivity contribution in [2.45, 2.75) is 31.6 Å². The van der Waals surface area contributed by atoms with E-state index in [0.717, 1.165) is 48.1 Å². The van der Waals surface area contributed by atoms with Crippen molar-refractivity contribution in [3.63, 3.8) is 0 Å². The molecule has 0 fully saturated rings. The van der Waals surface area contributed by atoms with Crippen LogP contribution in [0.5, 0.6) is 5.75 Å². The highest BCUT2D eigenvalue weighted by molar-refractivity contribution is 6.17. The maximum Gasteiger partial charge on any atom is 0.169 e. The van der Waals surface area contributed by atoms with Gasteiger partial charge in [-0.2, -0.15) is 0 Å². The first-order valence-electron chi connectivity index (χ1n) is 8.03. The van der Waals surface area contributed by atoms with E-state index in [0.29, 0.717) is 11.7 Å². The summed E-state index contributed by atoms with van der Waals surface area (Å²) < 4.78 is 5.28. The molecule has 0 saturated carbocycles. The fraction of sp³-hybridized carbons (Fsp3) is 0.350. The molecule has 0 radical (unpaired) electrons. The standard InChI is InChI=1S/C20H19ClO2/c1-23-17-4-5-18-14(9-17)6-7-20(19(18)22)10-15-3-2-13(12-21)8-16(15)11-20/h2-5,8-9H,6-7,10-12H2,1H3. The SMILES string of the molecule is COc1ccc2c(c1)CCC1(Cc3ccc(CCl)cc3C1)C2=O. The summed E-state index contributed by atoms with van der Waals surface area (Å²) >= 11 is 5.95. The first kappa shape index (κ1) is 14.8. The van der Waals surface area contributed by atoms with E-state index in [4.69, 9.17) is 16.3 Å². The second-order valence-electron chi connectivity index (χ2n) is 6.72. The lowest BCUT2D eigenvalue weighted by Crippen LogP contribution is -2.36. The number of hydrogen-bond donors (Lipinski definition) is 0. The maximum atomic E-state index is 13.2. The third-order valence-corrected chi connectivity index (χ3v) is 5.70. The summed E-state index contributed by atoms with van der Waals surface area (Å²) in [5.74, 6) is 1.65. The summed E-state index contributed by atoms with van der Waals surface area (Å²) in [6.07, 6.45) is 3.55. The van der Waals surface area contributed by atoms with Crippen molar-refractivity contribution in [2.24, 2.45) is 5.41 Å². The summed E-state index contributed by atoms with van der Waals surface area (Å²) in [5, 5.41) is 0. The molecule has 1 atom stereocenters. The molecule has 2 aromatic rings. The molecule has 1 unspecified atom stereocenters. The predicted octanol–water partition coefficient (Wildman–Crippen LogP) is 4.35. The molecule has 0 aliphatic heterocycles. The zero-order chi connectivity index (χ0) is 16.0. The Bertz CT molecular complexity index is 796. The molecule has 2 aliphatic carbocycles. The minimum absolute atomic E-state index is 0.255. The number of halogens is 1. The van der Waals surface area contributed by atoms with Crippen LogP contribution in [0.25, 0.3) is 0 Å². The lowest BCUT2D eigenvalue weighted by atomic mass is 9.68. The van der Waals surface area contributed by atoms with Crippen molar-refractivity contribution >= 4 is 17.4 Å². The van der Waals surface area contributed by atoms with Crippen LogP contribution in [0, 0.1) is 5.41 Å². The molecule has 0 heterocycles. The number of fused-ring (bicyclic) bond motifs is 2. The van der Waals surface area contributed by atoms with Crippen LogP contribution in [0.1, 0.15) is 39.0 Å². The normalized spacial score (nSPS) is 22.1. The van der Waals surface area contributed by atoms with Gasteiger partial charge in [-0.1, -0.05) is 18.2 Å². The van der Waals surface area contributed by atoms with Crippen LogP contribution in [0.2, 0.25) is 0 Å². The zero-order valence-electron chi connectivity index (χ0n) is 13.2. The van der Waals surface area contributed by atoms with Gasteiger partial charge in [0.2, 0.25) is 0 Å². The topological polar surface area (TPSA) is 26.3 Å². The minimum atomic E-state index is -0.255. The van der Waals surface area contributed by atoms with Gasteiger partial charge in [0.05, 0.1) is 7.11 Å². The number of aryl methyl sites for hydroxylation is 1. The van der Waals surface area contributed by atoms with Crippen molar-refractivity contribution < 1.29 is 9.53 Å². The number of benzene rings is 2. The van der Waals surface area contributed by atoms with Crippen molar-refractivity contribution in [1.29, 1.82) is 0 Å². The Morgan fingerprint density at radius 2 is 1.91 bits per heavy atom. The number of methoxy groups -OCH3 is 1. The highest BCUT2D eigenvalue weighted by Crippen LogP contribution is 2.46. The molecule has 0 N–H and O–H groups in total. The van der Waals surface area contributed by atoms with Gasteiger partial charge in [0.25, 0.3) is 0 Å². The number of carbonyl (C=O) groups is 1. The van der Waals surface area contributed by atoms with Crippen molar-refractivity contribution in [2.75, 3.05) is 7.11 Å². The van der Waals surface area contributed by atoms with E-state index in [9.17, 15) is 4.79 Å². The molecule has 118 valence electrons. The lowest BCUT2D eigenvalue weighted by molar-refractivity contribution is 0.0771. The lowest BCUT2D eigenvalue weighted by Gasteiger charge is -2.33. The second kappa shape index (κ2) is 5.38. The van der Waals surface area contributed by atoms with Crippen molar-refractivity contribution in [3.8, 4) is 5.75 Å². The number of rotatable bonds is 2. The summed E-state index contributed by atoms with van der Waals surface area (Å²) in [7, 11) is 1.66. The molecule has 0 bridgehead atoms. The number of hydrogen-bond acceptors (Lipinski definition) is 2. The first-order chi connectivity index (χ1) is 11.1. The molecule has 1 spiro atoms. The minimum Gasteiger partial charge on any atom is -0.497 e. The second-order valence-corrected chi connectivity index (χ2v) is 6.99. The van der Waals surface area contributed by atoms with Gasteiger partial charge >= 0.3 is 0 Å². The molecule has 4 rings (SSSR count). The number of carbonyl (C=O) groups excluding carboxylic acids is 1. The van der Waals surface area contributed by atoms with Crippen LogP contribution >= 0.6 is 11.6 Å². The van der Waals surface area contributed by atoms with Gasteiger partial charge in [0.15, 0.2) is 5.78 Å². The van der Waals surface area contributed by atoms with E-state index >= 15 is 0 Å². The van der Waals surface area contributed by atoms with E-state index in [2.05, 4.69) is 18.2 Å². The van der Waals surface area contributed by atoms with E-state index < -0.39 is 0 Å². The average Bonchev–Trinajstić information content (AvgIpc) is 2.96. The summed E-state index contributed by atoms with van der Waals surface area (Å²) in [4.78, 5) is 13.2. The van der Waals surface area contributed by atoms with Crippen molar-refractivity contribution in [3.05, 3.63) is 64.2 Å². The Morgan fingerprint density at radius 3 is 2.70 bits per heavy atom. The van der Waals surface area contributed by atoms with Gasteiger partial charge in [0.1, 0.15) is 5.75 Å². The largest absolute Gasteiger partial charge is 0.497 e. The van der Waals surface area contributed by atoms with Crippen LogP contribution in [0.4, 0.5) is 0 Å². The summed E-state index contributed by atoms with van der Waals surface area (Å²) in [5.41, 5.74) is 5.49. The molecule has 0 aromatic heterocycles. The Kier molecular flexibility index (Phi) is 3.46. The fourth-order valence-corrected chi connectivity index (χ4v) is 4.29. The fourth-order valence-electron chi connectivity index (χ4n) is 4.13. The highest BCUT2D eigenvalue weighted by Gasteiger charge is 2.46. The number of ketones is 1. The summed E-state index contributed by atoms with van der Waals surface area (Å²) in [6.45, 7) is 0. The predicted molar refractivity (Wildman–Crippen MR) is 91.5 cm³/mol. The molecule has 2 nitrogen and oxygen atoms in total. The van der Waals surface area contributed by atoms with Gasteiger partial charge in [-0.15, -0.1) is 11.6 Å². The molecular formula is C20H19ClO2. The molecule has 2 aliphatic rings. The smallest absolute Gasteiger partial charge is 0.169 e. The maximum absolute atomic E-state index is 13.2. The number of alkyl halides is 1. The van der Waals surface area contributed by atoms with E-state index in [-0.39, 0.29) is 5.41 Å².